The van der Waals surface area contributed by atoms with Gasteiger partial charge in [-0.3, -0.25) is 0 Å². The van der Waals surface area contributed by atoms with Crippen LogP contribution >= 0.6 is 7.92 Å². The minimum absolute atomic E-state index is 0.412. The maximum atomic E-state index is 2.34. The van der Waals surface area contributed by atoms with Gasteiger partial charge in [0.1, 0.15) is 0 Å². The summed E-state index contributed by atoms with van der Waals surface area (Å²) >= 11 is 0. The summed E-state index contributed by atoms with van der Waals surface area (Å²) in [6.45, 7) is 6.98. The predicted molar refractivity (Wildman–Crippen MR) is 80.1 cm³/mol. The standard InChI is InChI=1S/C15H33P/c1-4-7-8-9-10-11-12-15-16(13-5-2)14-6-3/h4-15H2,1-3H3. The average molecular weight is 244 g/mol. The van der Waals surface area contributed by atoms with E-state index in [1.165, 1.54) is 70.1 Å². The first-order valence-electron chi connectivity index (χ1n) is 7.57. The van der Waals surface area contributed by atoms with Gasteiger partial charge in [-0.15, -0.1) is 7.92 Å². The molecule has 0 nitrogen and oxygen atoms in total. The van der Waals surface area contributed by atoms with Crippen LogP contribution in [0, 0.1) is 0 Å². The van der Waals surface area contributed by atoms with Crippen LogP contribution in [-0.4, -0.2) is 18.5 Å². The molecule has 0 atom stereocenters. The Labute approximate surface area is 105 Å². The molecule has 0 aromatic heterocycles. The molecule has 0 spiro atoms. The summed E-state index contributed by atoms with van der Waals surface area (Å²) < 4.78 is 0. The van der Waals surface area contributed by atoms with E-state index in [9.17, 15) is 0 Å². The molecule has 0 amide bonds. The minimum Gasteiger partial charge on any atom is -0.107 e. The molecule has 0 saturated heterocycles. The SMILES string of the molecule is CCCCCCCCCP(CCC)CCC. The second kappa shape index (κ2) is 13.5. The Bertz CT molecular complexity index is 117. The molecule has 0 N–H and O–H groups in total. The number of unbranched alkanes of at least 4 members (excludes halogenated alkanes) is 6. The van der Waals surface area contributed by atoms with Crippen molar-refractivity contribution in [3.63, 3.8) is 0 Å². The van der Waals surface area contributed by atoms with Gasteiger partial charge in [0.2, 0.25) is 0 Å². The van der Waals surface area contributed by atoms with Crippen LogP contribution in [0.3, 0.4) is 0 Å². The van der Waals surface area contributed by atoms with Crippen LogP contribution in [-0.2, 0) is 0 Å². The summed E-state index contributed by atoms with van der Waals surface area (Å²) in [4.78, 5) is 0. The lowest BCUT2D eigenvalue weighted by atomic mass is 10.1. The summed E-state index contributed by atoms with van der Waals surface area (Å²) in [6, 6.07) is 0. The van der Waals surface area contributed by atoms with E-state index in [2.05, 4.69) is 20.8 Å². The first-order valence-corrected chi connectivity index (χ1v) is 9.47. The maximum Gasteiger partial charge on any atom is -0.0326 e. The maximum absolute atomic E-state index is 2.34. The van der Waals surface area contributed by atoms with Crippen LogP contribution in [0.25, 0.3) is 0 Å². The van der Waals surface area contributed by atoms with Gasteiger partial charge in [0, 0.05) is 0 Å². The molecule has 0 aliphatic rings. The monoisotopic (exact) mass is 244 g/mol. The molecule has 0 rings (SSSR count). The third-order valence-electron chi connectivity index (χ3n) is 3.16. The van der Waals surface area contributed by atoms with E-state index in [1.807, 2.05) is 0 Å². The molecule has 0 heterocycles. The minimum atomic E-state index is 0.412. The third-order valence-corrected chi connectivity index (χ3v) is 6.27. The van der Waals surface area contributed by atoms with Crippen molar-refractivity contribution < 1.29 is 0 Å². The first-order chi connectivity index (χ1) is 7.85. The summed E-state index contributed by atoms with van der Waals surface area (Å²) in [5, 5.41) is 0. The Kier molecular flexibility index (Phi) is 13.9. The van der Waals surface area contributed by atoms with Crippen molar-refractivity contribution in [1.82, 2.24) is 0 Å². The Hall–Kier alpha value is 0.430. The Morgan fingerprint density at radius 2 is 1.00 bits per heavy atom. The molecule has 0 aliphatic heterocycles. The molecule has 0 aromatic rings. The first kappa shape index (κ1) is 16.4. The molecule has 16 heavy (non-hydrogen) atoms. The van der Waals surface area contributed by atoms with Crippen LogP contribution in [0.15, 0.2) is 0 Å². The Morgan fingerprint density at radius 3 is 1.50 bits per heavy atom. The van der Waals surface area contributed by atoms with Crippen LogP contribution < -0.4 is 0 Å². The highest BCUT2D eigenvalue weighted by Crippen LogP contribution is 2.37. The highest BCUT2D eigenvalue weighted by molar-refractivity contribution is 7.57. The molecule has 0 fully saturated rings. The van der Waals surface area contributed by atoms with Gasteiger partial charge in [-0.1, -0.05) is 72.1 Å². The van der Waals surface area contributed by atoms with E-state index in [0.717, 1.165) is 0 Å². The summed E-state index contributed by atoms with van der Waals surface area (Å²) in [6.07, 6.45) is 17.7. The number of rotatable bonds is 12. The molecule has 98 valence electrons. The molecule has 1 heteroatoms. The zero-order valence-corrected chi connectivity index (χ0v) is 12.8. The van der Waals surface area contributed by atoms with Crippen molar-refractivity contribution >= 4 is 7.92 Å². The largest absolute Gasteiger partial charge is 0.107 e. The molecule has 0 aromatic carbocycles. The molecule has 0 bridgehead atoms. The second-order valence-electron chi connectivity index (χ2n) is 4.96. The topological polar surface area (TPSA) is 0 Å². The molecule has 0 radical (unpaired) electrons. The van der Waals surface area contributed by atoms with Crippen molar-refractivity contribution in [3.8, 4) is 0 Å². The third kappa shape index (κ3) is 10.9. The Balaban J connectivity index is 3.25. The van der Waals surface area contributed by atoms with E-state index in [1.54, 1.807) is 6.16 Å². The smallest absolute Gasteiger partial charge is 0.0326 e. The van der Waals surface area contributed by atoms with E-state index in [0.29, 0.717) is 7.92 Å². The zero-order chi connectivity index (χ0) is 12.1. The second-order valence-corrected chi connectivity index (χ2v) is 7.65. The van der Waals surface area contributed by atoms with E-state index in [-0.39, 0.29) is 0 Å². The van der Waals surface area contributed by atoms with Gasteiger partial charge in [0.15, 0.2) is 0 Å². The average Bonchev–Trinajstić information content (AvgIpc) is 2.28. The van der Waals surface area contributed by atoms with Gasteiger partial charge < -0.3 is 0 Å². The molecular weight excluding hydrogens is 211 g/mol. The van der Waals surface area contributed by atoms with Gasteiger partial charge in [-0.25, -0.2) is 0 Å². The van der Waals surface area contributed by atoms with Crippen LogP contribution in [0.2, 0.25) is 0 Å². The van der Waals surface area contributed by atoms with Crippen molar-refractivity contribution in [2.45, 2.75) is 78.6 Å². The van der Waals surface area contributed by atoms with Gasteiger partial charge in [0.25, 0.3) is 0 Å². The van der Waals surface area contributed by atoms with Gasteiger partial charge >= 0.3 is 0 Å². The number of hydrogen-bond donors (Lipinski definition) is 0. The fourth-order valence-corrected chi connectivity index (χ4v) is 4.87. The molecule has 0 saturated carbocycles. The predicted octanol–water partition coefficient (Wildman–Crippen LogP) is 6.04. The van der Waals surface area contributed by atoms with Crippen LogP contribution in [0.1, 0.15) is 78.6 Å². The lowest BCUT2D eigenvalue weighted by Crippen LogP contribution is -1.94. The highest BCUT2D eigenvalue weighted by Gasteiger charge is 2.04. The van der Waals surface area contributed by atoms with Crippen molar-refractivity contribution in [3.05, 3.63) is 0 Å². The normalized spacial score (nSPS) is 11.2. The van der Waals surface area contributed by atoms with E-state index in [4.69, 9.17) is 0 Å². The molecular formula is C15H33P. The summed E-state index contributed by atoms with van der Waals surface area (Å²) in [5.41, 5.74) is 0. The van der Waals surface area contributed by atoms with Crippen molar-refractivity contribution in [2.24, 2.45) is 0 Å². The molecule has 0 aliphatic carbocycles. The van der Waals surface area contributed by atoms with Gasteiger partial charge in [0.05, 0.1) is 0 Å². The van der Waals surface area contributed by atoms with Crippen LogP contribution in [0.5, 0.6) is 0 Å². The highest BCUT2D eigenvalue weighted by atomic mass is 31.1. The molecule has 0 unspecified atom stereocenters. The van der Waals surface area contributed by atoms with Crippen LogP contribution in [0.4, 0.5) is 0 Å². The lowest BCUT2D eigenvalue weighted by Gasteiger charge is -2.15. The lowest BCUT2D eigenvalue weighted by molar-refractivity contribution is 0.603. The fraction of sp³-hybridized carbons (Fsp3) is 1.00. The summed E-state index contributed by atoms with van der Waals surface area (Å²) in [7, 11) is 0.412. The summed E-state index contributed by atoms with van der Waals surface area (Å²) in [5.74, 6) is 0. The van der Waals surface area contributed by atoms with E-state index < -0.39 is 0 Å². The Morgan fingerprint density at radius 1 is 0.500 bits per heavy atom. The van der Waals surface area contributed by atoms with Crippen molar-refractivity contribution in [1.29, 1.82) is 0 Å². The van der Waals surface area contributed by atoms with Gasteiger partial charge in [-0.2, -0.15) is 0 Å². The fourth-order valence-electron chi connectivity index (χ4n) is 2.26. The van der Waals surface area contributed by atoms with Crippen molar-refractivity contribution in [2.75, 3.05) is 18.5 Å². The van der Waals surface area contributed by atoms with Gasteiger partial charge in [-0.05, 0) is 24.9 Å². The van der Waals surface area contributed by atoms with E-state index >= 15 is 0 Å². The zero-order valence-electron chi connectivity index (χ0n) is 11.9. The quantitative estimate of drug-likeness (QED) is 0.290. The number of hydrogen-bond acceptors (Lipinski definition) is 0.